The smallest absolute Gasteiger partial charge is 0.270 e. The van der Waals surface area contributed by atoms with Crippen LogP contribution in [0, 0.1) is 11.8 Å². The lowest BCUT2D eigenvalue weighted by Gasteiger charge is -2.38. The lowest BCUT2D eigenvalue weighted by molar-refractivity contribution is 0.0562. The molecule has 7 nitrogen and oxygen atoms in total. The molecule has 1 unspecified atom stereocenters. The average molecular weight is 517 g/mol. The number of nitrogens with one attached hydrogen (secondary N) is 2. The standard InChI is InChI=1S/C29H33ClN6O/c1-4-6-19(5-2)11-20-16-36(17-20)28(37)26-13-21-12-22(14-23(30)27(21)34-26)33-29-31-10-9-25(35-29)24-8-7-18(3)15-32-24/h8-15,18,20,34H,4-7,16-17H2,1-3H3,(H,31,33,35). The molecule has 0 spiro atoms. The normalized spacial score (nSPS) is 18.2. The second kappa shape index (κ2) is 10.9. The number of aromatic nitrogens is 3. The van der Waals surface area contributed by atoms with Crippen LogP contribution in [0.1, 0.15) is 62.6 Å². The number of carbonyl (C=O) groups is 1. The summed E-state index contributed by atoms with van der Waals surface area (Å²) in [5.41, 5.74) is 5.16. The fourth-order valence-electron chi connectivity index (χ4n) is 4.85. The first-order chi connectivity index (χ1) is 17.9. The van der Waals surface area contributed by atoms with Crippen LogP contribution in [0.2, 0.25) is 5.02 Å². The number of anilines is 2. The van der Waals surface area contributed by atoms with Crippen molar-refractivity contribution in [3.63, 3.8) is 0 Å². The quantitative estimate of drug-likeness (QED) is 0.315. The number of benzene rings is 1. The molecule has 8 heteroatoms. The maximum atomic E-state index is 13.1. The summed E-state index contributed by atoms with van der Waals surface area (Å²) in [5.74, 6) is 1.35. The Kier molecular flexibility index (Phi) is 7.42. The van der Waals surface area contributed by atoms with E-state index in [0.717, 1.165) is 66.8 Å². The molecule has 1 aromatic carbocycles. The molecule has 0 bridgehead atoms. The largest absolute Gasteiger partial charge is 0.349 e. The van der Waals surface area contributed by atoms with E-state index < -0.39 is 0 Å². The van der Waals surface area contributed by atoms with E-state index in [0.29, 0.717) is 28.5 Å². The van der Waals surface area contributed by atoms with Crippen LogP contribution in [0.5, 0.6) is 0 Å². The summed E-state index contributed by atoms with van der Waals surface area (Å²) < 4.78 is 0. The van der Waals surface area contributed by atoms with E-state index in [4.69, 9.17) is 11.6 Å². The van der Waals surface area contributed by atoms with E-state index in [2.05, 4.69) is 58.2 Å². The molecule has 37 heavy (non-hydrogen) atoms. The van der Waals surface area contributed by atoms with Crippen molar-refractivity contribution in [2.75, 3.05) is 18.4 Å². The maximum absolute atomic E-state index is 13.1. The Morgan fingerprint density at radius 2 is 2.11 bits per heavy atom. The second-order valence-electron chi connectivity index (χ2n) is 9.98. The van der Waals surface area contributed by atoms with Gasteiger partial charge >= 0.3 is 0 Å². The molecule has 0 radical (unpaired) electrons. The van der Waals surface area contributed by atoms with Crippen LogP contribution in [0.25, 0.3) is 16.6 Å². The van der Waals surface area contributed by atoms with E-state index in [1.54, 1.807) is 6.20 Å². The van der Waals surface area contributed by atoms with Crippen molar-refractivity contribution in [2.24, 2.45) is 16.8 Å². The molecule has 1 saturated heterocycles. The number of aliphatic imine (C=N–C) groups is 1. The highest BCUT2D eigenvalue weighted by molar-refractivity contribution is 6.35. The summed E-state index contributed by atoms with van der Waals surface area (Å²) in [6.07, 6.45) is 12.5. The van der Waals surface area contributed by atoms with Gasteiger partial charge in [-0.25, -0.2) is 9.97 Å². The molecule has 5 rings (SSSR count). The predicted octanol–water partition coefficient (Wildman–Crippen LogP) is 7.01. The average Bonchev–Trinajstić information content (AvgIpc) is 3.30. The van der Waals surface area contributed by atoms with E-state index >= 15 is 0 Å². The zero-order chi connectivity index (χ0) is 25.9. The van der Waals surface area contributed by atoms with Gasteiger partial charge in [-0.3, -0.25) is 9.79 Å². The van der Waals surface area contributed by atoms with E-state index in [-0.39, 0.29) is 5.91 Å². The molecule has 192 valence electrons. The number of carbonyl (C=O) groups excluding carboxylic acids is 1. The zero-order valence-electron chi connectivity index (χ0n) is 21.6. The predicted molar refractivity (Wildman–Crippen MR) is 152 cm³/mol. The molecule has 2 aliphatic heterocycles. The Morgan fingerprint density at radius 3 is 2.84 bits per heavy atom. The minimum atomic E-state index is 0.00614. The van der Waals surface area contributed by atoms with E-state index in [1.165, 1.54) is 5.57 Å². The zero-order valence-corrected chi connectivity index (χ0v) is 22.3. The molecule has 2 aliphatic rings. The number of likely N-dealkylation sites (tertiary alicyclic amines) is 1. The van der Waals surface area contributed by atoms with Gasteiger partial charge in [-0.15, -0.1) is 0 Å². The summed E-state index contributed by atoms with van der Waals surface area (Å²) in [5, 5.41) is 4.63. The molecular weight excluding hydrogens is 484 g/mol. The van der Waals surface area contributed by atoms with Crippen molar-refractivity contribution in [2.45, 2.75) is 46.5 Å². The second-order valence-corrected chi connectivity index (χ2v) is 10.4. The summed E-state index contributed by atoms with van der Waals surface area (Å²) in [7, 11) is 0. The molecule has 2 aromatic heterocycles. The van der Waals surface area contributed by atoms with Crippen molar-refractivity contribution in [1.29, 1.82) is 0 Å². The molecule has 0 saturated carbocycles. The lowest BCUT2D eigenvalue weighted by atomic mass is 9.94. The summed E-state index contributed by atoms with van der Waals surface area (Å²) in [6, 6.07) is 7.49. The maximum Gasteiger partial charge on any atom is 0.270 e. The number of aromatic amines is 1. The fourth-order valence-corrected chi connectivity index (χ4v) is 5.13. The Bertz CT molecular complexity index is 1400. The molecule has 2 N–H and O–H groups in total. The van der Waals surface area contributed by atoms with Gasteiger partial charge in [-0.05, 0) is 49.4 Å². The fraction of sp³-hybridized carbons (Fsp3) is 0.379. The number of hydrogen-bond donors (Lipinski definition) is 2. The third-order valence-corrected chi connectivity index (χ3v) is 7.23. The van der Waals surface area contributed by atoms with Crippen molar-refractivity contribution >= 4 is 52.0 Å². The molecule has 4 heterocycles. The van der Waals surface area contributed by atoms with Crippen LogP contribution < -0.4 is 5.32 Å². The number of nitrogens with zero attached hydrogens (tertiary/aromatic N) is 4. The molecule has 1 fully saturated rings. The van der Waals surface area contributed by atoms with Crippen molar-refractivity contribution < 1.29 is 4.79 Å². The number of rotatable bonds is 8. The first-order valence-electron chi connectivity index (χ1n) is 13.1. The Balaban J connectivity index is 1.29. The van der Waals surface area contributed by atoms with Gasteiger partial charge in [0.15, 0.2) is 0 Å². The monoisotopic (exact) mass is 516 g/mol. The van der Waals surface area contributed by atoms with Crippen LogP contribution in [-0.4, -0.2) is 45.1 Å². The van der Waals surface area contributed by atoms with Crippen LogP contribution in [-0.2, 0) is 0 Å². The van der Waals surface area contributed by atoms with Crippen molar-refractivity contribution in [3.05, 3.63) is 64.6 Å². The molecule has 1 atom stereocenters. The van der Waals surface area contributed by atoms with Gasteiger partial charge in [0.05, 0.1) is 21.9 Å². The number of allylic oxidation sites excluding steroid dienone is 2. The highest BCUT2D eigenvalue weighted by atomic mass is 35.5. The van der Waals surface area contributed by atoms with Gasteiger partial charge in [0.25, 0.3) is 5.91 Å². The summed E-state index contributed by atoms with van der Waals surface area (Å²) in [4.78, 5) is 31.7. The molecule has 3 aromatic rings. The third kappa shape index (κ3) is 5.62. The number of amides is 1. The van der Waals surface area contributed by atoms with Gasteiger partial charge < -0.3 is 15.2 Å². The highest BCUT2D eigenvalue weighted by Crippen LogP contribution is 2.31. The Labute approximate surface area is 222 Å². The van der Waals surface area contributed by atoms with Crippen molar-refractivity contribution in [1.82, 2.24) is 19.9 Å². The van der Waals surface area contributed by atoms with Gasteiger partial charge in [-0.2, -0.15) is 0 Å². The first kappa shape index (κ1) is 25.2. The van der Waals surface area contributed by atoms with Crippen LogP contribution in [0.3, 0.4) is 0 Å². The van der Waals surface area contributed by atoms with Gasteiger partial charge in [0.2, 0.25) is 5.95 Å². The topological polar surface area (TPSA) is 86.3 Å². The summed E-state index contributed by atoms with van der Waals surface area (Å²) in [6.45, 7) is 8.06. The molecular formula is C29H33ClN6O. The summed E-state index contributed by atoms with van der Waals surface area (Å²) >= 11 is 6.59. The van der Waals surface area contributed by atoms with Crippen LogP contribution in [0.4, 0.5) is 11.6 Å². The lowest BCUT2D eigenvalue weighted by Crippen LogP contribution is -2.49. The van der Waals surface area contributed by atoms with Gasteiger partial charge in [0.1, 0.15) is 5.69 Å². The first-order valence-corrected chi connectivity index (χ1v) is 13.5. The minimum absolute atomic E-state index is 0.00614. The number of H-pyrrole nitrogens is 1. The Morgan fingerprint density at radius 1 is 1.27 bits per heavy atom. The number of hydrogen-bond acceptors (Lipinski definition) is 5. The minimum Gasteiger partial charge on any atom is -0.349 e. The molecule has 1 amide bonds. The van der Waals surface area contributed by atoms with Gasteiger partial charge in [0, 0.05) is 42.5 Å². The molecule has 0 aliphatic carbocycles. The Hall–Kier alpha value is -3.45. The van der Waals surface area contributed by atoms with Crippen molar-refractivity contribution in [3.8, 4) is 0 Å². The number of fused-ring (bicyclic) bond motifs is 1. The number of halogens is 1. The van der Waals surface area contributed by atoms with Crippen LogP contribution in [0.15, 0.2) is 53.2 Å². The van der Waals surface area contributed by atoms with Gasteiger partial charge in [-0.1, -0.05) is 56.5 Å². The van der Waals surface area contributed by atoms with E-state index in [1.807, 2.05) is 35.4 Å². The van der Waals surface area contributed by atoms with E-state index in [9.17, 15) is 4.79 Å². The van der Waals surface area contributed by atoms with Crippen LogP contribution >= 0.6 is 11.6 Å². The highest BCUT2D eigenvalue weighted by Gasteiger charge is 2.31. The SMILES string of the molecule is CCCC(=CC1CN(C(=O)c2cc3cc(Nc4nccc(C5=CCC(C)C=N5)n4)cc(Cl)c3[nH]2)C1)CC. The third-order valence-electron chi connectivity index (χ3n) is 6.93.